The lowest BCUT2D eigenvalue weighted by Gasteiger charge is -2.25. The van der Waals surface area contributed by atoms with Crippen molar-refractivity contribution in [3.63, 3.8) is 0 Å². The molecule has 0 saturated heterocycles. The standard InChI is InChI=1S/C14H10ClFN2S/c15-13-4-3-9(7-17-13)8-18-5-1-2-10-11(18)6-12(19)14(10)16/h1-7,14H,8H2. The minimum absolute atomic E-state index is 0.337. The van der Waals surface area contributed by atoms with Crippen molar-refractivity contribution in [2.45, 2.75) is 12.7 Å². The first-order chi connectivity index (χ1) is 9.15. The Morgan fingerprint density at radius 1 is 1.42 bits per heavy atom. The number of hydrogen-bond acceptors (Lipinski definition) is 3. The van der Waals surface area contributed by atoms with Gasteiger partial charge in [-0.15, -0.1) is 0 Å². The van der Waals surface area contributed by atoms with Crippen LogP contribution >= 0.6 is 23.8 Å². The van der Waals surface area contributed by atoms with Gasteiger partial charge >= 0.3 is 0 Å². The molecule has 96 valence electrons. The van der Waals surface area contributed by atoms with E-state index in [-0.39, 0.29) is 0 Å². The van der Waals surface area contributed by atoms with E-state index in [4.69, 9.17) is 23.8 Å². The lowest BCUT2D eigenvalue weighted by atomic mass is 10.1. The van der Waals surface area contributed by atoms with Crippen molar-refractivity contribution in [1.82, 2.24) is 9.88 Å². The lowest BCUT2D eigenvalue weighted by Crippen LogP contribution is -2.20. The van der Waals surface area contributed by atoms with Crippen LogP contribution in [-0.4, -0.2) is 20.9 Å². The number of pyridine rings is 1. The second-order valence-electron chi connectivity index (χ2n) is 4.38. The highest BCUT2D eigenvalue weighted by Gasteiger charge is 2.31. The fraction of sp³-hybridized carbons (Fsp3) is 0.143. The summed E-state index contributed by atoms with van der Waals surface area (Å²) in [6.45, 7) is 0.610. The highest BCUT2D eigenvalue weighted by atomic mass is 35.5. The molecule has 0 fully saturated rings. The summed E-state index contributed by atoms with van der Waals surface area (Å²) in [5, 5.41) is 0.462. The fourth-order valence-corrected chi connectivity index (χ4v) is 2.51. The molecule has 1 aliphatic carbocycles. The summed E-state index contributed by atoms with van der Waals surface area (Å²) in [5.74, 6) is 0. The number of halogens is 2. The van der Waals surface area contributed by atoms with Crippen LogP contribution in [0.25, 0.3) is 0 Å². The number of thiocarbonyl (C=S) groups is 1. The molecule has 3 rings (SSSR count). The maximum Gasteiger partial charge on any atom is 0.162 e. The van der Waals surface area contributed by atoms with Gasteiger partial charge in [-0.2, -0.15) is 0 Å². The maximum atomic E-state index is 13.9. The molecule has 2 heterocycles. The average molecular weight is 293 g/mol. The van der Waals surface area contributed by atoms with Crippen molar-refractivity contribution in [2.24, 2.45) is 0 Å². The van der Waals surface area contributed by atoms with E-state index >= 15 is 0 Å². The highest BCUT2D eigenvalue weighted by molar-refractivity contribution is 7.81. The topological polar surface area (TPSA) is 16.1 Å². The smallest absolute Gasteiger partial charge is 0.162 e. The largest absolute Gasteiger partial charge is 0.343 e. The summed E-state index contributed by atoms with van der Waals surface area (Å²) >= 11 is 10.8. The van der Waals surface area contributed by atoms with Gasteiger partial charge in [0, 0.05) is 30.2 Å². The van der Waals surface area contributed by atoms with E-state index < -0.39 is 6.17 Å². The number of rotatable bonds is 2. The van der Waals surface area contributed by atoms with Crippen LogP contribution < -0.4 is 0 Å². The first-order valence-electron chi connectivity index (χ1n) is 5.80. The predicted octanol–water partition coefficient (Wildman–Crippen LogP) is 3.60. The van der Waals surface area contributed by atoms with Crippen LogP contribution in [0.3, 0.4) is 0 Å². The third kappa shape index (κ3) is 2.33. The average Bonchev–Trinajstić information content (AvgIpc) is 2.70. The number of allylic oxidation sites excluding steroid dienone is 4. The number of nitrogens with zero attached hydrogens (tertiary/aromatic N) is 2. The van der Waals surface area contributed by atoms with Crippen LogP contribution in [0.15, 0.2) is 54.0 Å². The molecule has 1 atom stereocenters. The summed E-state index contributed by atoms with van der Waals surface area (Å²) in [7, 11) is 0. The Kier molecular flexibility index (Phi) is 3.21. The first kappa shape index (κ1) is 12.5. The Bertz CT molecular complexity index is 619. The van der Waals surface area contributed by atoms with E-state index in [1.165, 1.54) is 0 Å². The van der Waals surface area contributed by atoms with Gasteiger partial charge in [0.05, 0.1) is 4.86 Å². The third-order valence-corrected chi connectivity index (χ3v) is 3.64. The Labute approximate surface area is 120 Å². The van der Waals surface area contributed by atoms with E-state index in [1.807, 2.05) is 23.2 Å². The summed E-state index contributed by atoms with van der Waals surface area (Å²) in [4.78, 5) is 6.34. The predicted molar refractivity (Wildman–Crippen MR) is 77.6 cm³/mol. The van der Waals surface area contributed by atoms with Crippen LogP contribution in [0.2, 0.25) is 5.15 Å². The van der Waals surface area contributed by atoms with E-state index in [1.54, 1.807) is 24.4 Å². The summed E-state index contributed by atoms with van der Waals surface area (Å²) in [6, 6.07) is 3.65. The number of fused-ring (bicyclic) bond motifs is 1. The van der Waals surface area contributed by atoms with Crippen LogP contribution in [0.5, 0.6) is 0 Å². The molecular formula is C14H10ClFN2S. The van der Waals surface area contributed by atoms with Crippen LogP contribution in [0.1, 0.15) is 5.56 Å². The molecule has 5 heteroatoms. The normalized spacial score (nSPS) is 21.3. The quantitative estimate of drug-likeness (QED) is 0.612. The molecule has 0 spiro atoms. The Morgan fingerprint density at radius 2 is 2.26 bits per heavy atom. The minimum atomic E-state index is -1.17. The monoisotopic (exact) mass is 292 g/mol. The van der Waals surface area contributed by atoms with Gasteiger partial charge in [0.2, 0.25) is 0 Å². The Morgan fingerprint density at radius 3 is 3.00 bits per heavy atom. The van der Waals surface area contributed by atoms with Crippen molar-refractivity contribution >= 4 is 28.7 Å². The second kappa shape index (κ2) is 4.87. The van der Waals surface area contributed by atoms with Gasteiger partial charge in [-0.25, -0.2) is 9.37 Å². The minimum Gasteiger partial charge on any atom is -0.343 e. The van der Waals surface area contributed by atoms with Gasteiger partial charge in [0.1, 0.15) is 5.15 Å². The van der Waals surface area contributed by atoms with E-state index in [9.17, 15) is 4.39 Å². The van der Waals surface area contributed by atoms with Crippen molar-refractivity contribution < 1.29 is 4.39 Å². The SMILES string of the molecule is FC1C(=S)C=C2C1=CC=CN2Cc1ccc(Cl)nc1. The second-order valence-corrected chi connectivity index (χ2v) is 5.23. The molecule has 19 heavy (non-hydrogen) atoms. The van der Waals surface area contributed by atoms with Gasteiger partial charge in [0.25, 0.3) is 0 Å². The van der Waals surface area contributed by atoms with Gasteiger partial charge in [-0.3, -0.25) is 0 Å². The van der Waals surface area contributed by atoms with Crippen molar-refractivity contribution in [3.8, 4) is 0 Å². The van der Waals surface area contributed by atoms with E-state index in [0.29, 0.717) is 22.1 Å². The Balaban J connectivity index is 1.85. The molecule has 0 amide bonds. The molecule has 0 N–H and O–H groups in total. The number of aromatic nitrogens is 1. The fourth-order valence-electron chi connectivity index (χ4n) is 2.16. The molecule has 2 nitrogen and oxygen atoms in total. The zero-order valence-corrected chi connectivity index (χ0v) is 11.5. The van der Waals surface area contributed by atoms with Gasteiger partial charge in [-0.1, -0.05) is 36.0 Å². The summed E-state index contributed by atoms with van der Waals surface area (Å²) < 4.78 is 13.9. The number of hydrogen-bond donors (Lipinski definition) is 0. The zero-order valence-electron chi connectivity index (χ0n) is 9.88. The molecule has 1 aromatic heterocycles. The van der Waals surface area contributed by atoms with E-state index in [2.05, 4.69) is 4.98 Å². The molecule has 2 aliphatic rings. The van der Waals surface area contributed by atoms with Crippen LogP contribution in [0, 0.1) is 0 Å². The van der Waals surface area contributed by atoms with Crippen molar-refractivity contribution in [3.05, 3.63) is 64.7 Å². The third-order valence-electron chi connectivity index (χ3n) is 3.09. The molecule has 1 unspecified atom stereocenters. The maximum absolute atomic E-state index is 13.9. The van der Waals surface area contributed by atoms with E-state index in [0.717, 1.165) is 11.3 Å². The van der Waals surface area contributed by atoms with Gasteiger partial charge in [-0.05, 0) is 23.8 Å². The molecule has 0 bridgehead atoms. The van der Waals surface area contributed by atoms with Crippen molar-refractivity contribution in [2.75, 3.05) is 0 Å². The van der Waals surface area contributed by atoms with Crippen LogP contribution in [-0.2, 0) is 6.54 Å². The number of alkyl halides is 1. The van der Waals surface area contributed by atoms with Crippen molar-refractivity contribution in [1.29, 1.82) is 0 Å². The molecule has 0 radical (unpaired) electrons. The van der Waals surface area contributed by atoms with Crippen LogP contribution in [0.4, 0.5) is 4.39 Å². The molecular weight excluding hydrogens is 283 g/mol. The molecule has 1 aliphatic heterocycles. The molecule has 0 saturated carbocycles. The van der Waals surface area contributed by atoms with Gasteiger partial charge in [0.15, 0.2) is 6.17 Å². The Hall–Kier alpha value is -1.52. The molecule has 1 aromatic rings. The highest BCUT2D eigenvalue weighted by Crippen LogP contribution is 2.33. The summed E-state index contributed by atoms with van der Waals surface area (Å²) in [5.41, 5.74) is 2.47. The van der Waals surface area contributed by atoms with Gasteiger partial charge < -0.3 is 4.90 Å². The first-order valence-corrected chi connectivity index (χ1v) is 6.59. The molecule has 0 aromatic carbocycles. The lowest BCUT2D eigenvalue weighted by molar-refractivity contribution is 0.430. The summed E-state index contributed by atoms with van der Waals surface area (Å²) in [6.07, 6.45) is 7.78. The zero-order chi connectivity index (χ0) is 13.4.